The van der Waals surface area contributed by atoms with Crippen molar-refractivity contribution in [1.29, 1.82) is 0 Å². The van der Waals surface area contributed by atoms with E-state index >= 15 is 0 Å². The number of carbonyl (C=O) groups excluding carboxylic acids is 2. The fraction of sp³-hybridized carbons (Fsp3) is 0.360. The van der Waals surface area contributed by atoms with Crippen molar-refractivity contribution in [3.05, 3.63) is 76.9 Å². The normalized spacial score (nSPS) is 12.5. The minimum atomic E-state index is -0.822. The van der Waals surface area contributed by atoms with Crippen molar-refractivity contribution >= 4 is 11.9 Å². The average molecular weight is 427 g/mol. The van der Waals surface area contributed by atoms with Crippen LogP contribution >= 0.6 is 0 Å². The van der Waals surface area contributed by atoms with Gasteiger partial charge in [-0.3, -0.25) is 0 Å². The first-order valence-electron chi connectivity index (χ1n) is 10.1. The van der Waals surface area contributed by atoms with Gasteiger partial charge in [0.05, 0.1) is 30.9 Å². The molecular formula is C25H30O6. The Kier molecular flexibility index (Phi) is 8.39. The second-order valence-corrected chi connectivity index (χ2v) is 7.92. The van der Waals surface area contributed by atoms with Gasteiger partial charge in [0.25, 0.3) is 0 Å². The van der Waals surface area contributed by atoms with Crippen LogP contribution in [0.4, 0.5) is 0 Å². The minimum Gasteiger partial charge on any atom is -0.489 e. The van der Waals surface area contributed by atoms with Gasteiger partial charge in [-0.25, -0.2) is 9.59 Å². The molecule has 0 amide bonds. The molecule has 31 heavy (non-hydrogen) atoms. The molecule has 6 nitrogen and oxygen atoms in total. The summed E-state index contributed by atoms with van der Waals surface area (Å²) in [4.78, 5) is 24.0. The Balaban J connectivity index is 2.11. The molecule has 0 radical (unpaired) electrons. The number of rotatable bonds is 9. The molecule has 1 atom stereocenters. The monoisotopic (exact) mass is 426 g/mol. The maximum absolute atomic E-state index is 12.1. The van der Waals surface area contributed by atoms with Crippen LogP contribution in [0.3, 0.4) is 0 Å². The van der Waals surface area contributed by atoms with Gasteiger partial charge in [0, 0.05) is 0 Å². The van der Waals surface area contributed by atoms with Gasteiger partial charge in [-0.2, -0.15) is 0 Å². The summed E-state index contributed by atoms with van der Waals surface area (Å²) in [7, 11) is 2.52. The summed E-state index contributed by atoms with van der Waals surface area (Å²) < 4.78 is 15.4. The SMILES string of the molecule is COC(=O)c1ccc(COc2cccc(C(C)C/C=C/C(C)(C)O)c2)cc1C(=O)OC. The van der Waals surface area contributed by atoms with E-state index in [9.17, 15) is 14.7 Å². The Morgan fingerprint density at radius 3 is 2.35 bits per heavy atom. The lowest BCUT2D eigenvalue weighted by Crippen LogP contribution is -2.13. The molecule has 0 bridgehead atoms. The van der Waals surface area contributed by atoms with Crippen LogP contribution in [0.1, 0.15) is 65.0 Å². The first-order valence-corrected chi connectivity index (χ1v) is 10.1. The third-order valence-electron chi connectivity index (χ3n) is 4.74. The van der Waals surface area contributed by atoms with E-state index < -0.39 is 17.5 Å². The number of esters is 2. The van der Waals surface area contributed by atoms with Gasteiger partial charge in [0.2, 0.25) is 0 Å². The number of hydrogen-bond acceptors (Lipinski definition) is 6. The summed E-state index contributed by atoms with van der Waals surface area (Å²) >= 11 is 0. The molecule has 0 aliphatic carbocycles. The van der Waals surface area contributed by atoms with Crippen molar-refractivity contribution in [2.45, 2.75) is 45.3 Å². The highest BCUT2D eigenvalue weighted by Gasteiger charge is 2.19. The summed E-state index contributed by atoms with van der Waals surface area (Å²) in [5.41, 5.74) is 1.30. The van der Waals surface area contributed by atoms with Crippen LogP contribution < -0.4 is 4.74 Å². The molecule has 166 valence electrons. The molecule has 0 fully saturated rings. The standard InChI is InChI=1S/C25H30O6/c1-17(8-7-13-25(2,3)28)19-9-6-10-20(15-19)31-16-18-11-12-21(23(26)29-4)22(14-18)24(27)30-5/h6-7,9-15,17,28H,8,16H2,1-5H3/b13-7+. The maximum Gasteiger partial charge on any atom is 0.338 e. The van der Waals surface area contributed by atoms with Gasteiger partial charge < -0.3 is 19.3 Å². The van der Waals surface area contributed by atoms with E-state index in [0.29, 0.717) is 5.75 Å². The largest absolute Gasteiger partial charge is 0.489 e. The highest BCUT2D eigenvalue weighted by Crippen LogP contribution is 2.25. The van der Waals surface area contributed by atoms with Crippen LogP contribution in [-0.2, 0) is 16.1 Å². The Bertz CT molecular complexity index is 939. The van der Waals surface area contributed by atoms with Gasteiger partial charge in [0.15, 0.2) is 0 Å². The number of carbonyl (C=O) groups is 2. The predicted octanol–water partition coefficient (Wildman–Crippen LogP) is 4.66. The van der Waals surface area contributed by atoms with E-state index in [0.717, 1.165) is 17.5 Å². The van der Waals surface area contributed by atoms with Crippen molar-refractivity contribution in [1.82, 2.24) is 0 Å². The molecule has 0 spiro atoms. The van der Waals surface area contributed by atoms with Crippen LogP contribution in [0.5, 0.6) is 5.75 Å². The second kappa shape index (κ2) is 10.8. The lowest BCUT2D eigenvalue weighted by Gasteiger charge is -2.14. The van der Waals surface area contributed by atoms with Crippen molar-refractivity contribution < 1.29 is 28.9 Å². The van der Waals surface area contributed by atoms with Crippen molar-refractivity contribution in [3.63, 3.8) is 0 Å². The quantitative estimate of drug-likeness (QED) is 0.464. The molecule has 6 heteroatoms. The fourth-order valence-corrected chi connectivity index (χ4v) is 3.02. The van der Waals surface area contributed by atoms with Crippen LogP contribution in [0.2, 0.25) is 0 Å². The zero-order valence-electron chi connectivity index (χ0n) is 18.7. The summed E-state index contributed by atoms with van der Waals surface area (Å²) in [6.07, 6.45) is 4.57. The van der Waals surface area contributed by atoms with Crippen LogP contribution in [0, 0.1) is 0 Å². The summed E-state index contributed by atoms with van der Waals surface area (Å²) in [6, 6.07) is 12.6. The predicted molar refractivity (Wildman–Crippen MR) is 118 cm³/mol. The van der Waals surface area contributed by atoms with E-state index in [4.69, 9.17) is 14.2 Å². The first kappa shape index (κ1) is 24.2. The number of allylic oxidation sites excluding steroid dienone is 1. The molecule has 0 aliphatic rings. The van der Waals surface area contributed by atoms with Crippen molar-refractivity contribution in [2.75, 3.05) is 14.2 Å². The molecule has 0 saturated heterocycles. The smallest absolute Gasteiger partial charge is 0.338 e. The summed E-state index contributed by atoms with van der Waals surface area (Å²) in [6.45, 7) is 5.82. The molecule has 0 heterocycles. The van der Waals surface area contributed by atoms with Crippen molar-refractivity contribution in [2.24, 2.45) is 0 Å². The van der Waals surface area contributed by atoms with E-state index in [1.165, 1.54) is 20.3 Å². The third-order valence-corrected chi connectivity index (χ3v) is 4.74. The Labute approximate surface area is 183 Å². The highest BCUT2D eigenvalue weighted by atomic mass is 16.5. The number of aliphatic hydroxyl groups is 1. The molecule has 2 rings (SSSR count). The molecular weight excluding hydrogens is 396 g/mol. The van der Waals surface area contributed by atoms with Crippen molar-refractivity contribution in [3.8, 4) is 5.75 Å². The van der Waals surface area contributed by atoms with E-state index in [1.807, 2.05) is 30.3 Å². The number of hydrogen-bond donors (Lipinski definition) is 1. The molecule has 0 saturated carbocycles. The lowest BCUT2D eigenvalue weighted by molar-refractivity contribution is 0.0555. The third kappa shape index (κ3) is 7.26. The maximum atomic E-state index is 12.1. The van der Waals surface area contributed by atoms with Crippen LogP contribution in [0.25, 0.3) is 0 Å². The zero-order valence-corrected chi connectivity index (χ0v) is 18.7. The molecule has 0 aliphatic heterocycles. The number of benzene rings is 2. The molecule has 1 N–H and O–H groups in total. The molecule has 1 unspecified atom stereocenters. The van der Waals surface area contributed by atoms with E-state index in [2.05, 4.69) is 6.92 Å². The van der Waals surface area contributed by atoms with Crippen LogP contribution in [-0.4, -0.2) is 36.9 Å². The van der Waals surface area contributed by atoms with E-state index in [-0.39, 0.29) is 23.7 Å². The Morgan fingerprint density at radius 2 is 1.71 bits per heavy atom. The highest BCUT2D eigenvalue weighted by molar-refractivity contribution is 6.03. The Hall–Kier alpha value is -3.12. The zero-order chi connectivity index (χ0) is 23.0. The van der Waals surface area contributed by atoms with Crippen LogP contribution in [0.15, 0.2) is 54.6 Å². The van der Waals surface area contributed by atoms with Gasteiger partial charge in [-0.15, -0.1) is 0 Å². The van der Waals surface area contributed by atoms with E-state index in [1.54, 1.807) is 32.1 Å². The number of methoxy groups -OCH3 is 2. The molecule has 0 aromatic heterocycles. The minimum absolute atomic E-state index is 0.136. The average Bonchev–Trinajstić information content (AvgIpc) is 2.75. The summed E-state index contributed by atoms with van der Waals surface area (Å²) in [5.74, 6) is -0.259. The second-order valence-electron chi connectivity index (χ2n) is 7.92. The van der Waals surface area contributed by atoms with Gasteiger partial charge in [0.1, 0.15) is 12.4 Å². The fourth-order valence-electron chi connectivity index (χ4n) is 3.02. The topological polar surface area (TPSA) is 82.1 Å². The Morgan fingerprint density at radius 1 is 1.03 bits per heavy atom. The summed E-state index contributed by atoms with van der Waals surface area (Å²) in [5, 5.41) is 9.79. The van der Waals surface area contributed by atoms with Gasteiger partial charge in [-0.1, -0.05) is 37.3 Å². The van der Waals surface area contributed by atoms with Gasteiger partial charge >= 0.3 is 11.9 Å². The van der Waals surface area contributed by atoms with Gasteiger partial charge in [-0.05, 0) is 61.6 Å². The lowest BCUT2D eigenvalue weighted by atomic mass is 9.96. The molecule has 2 aromatic rings. The molecule has 2 aromatic carbocycles. The first-order chi connectivity index (χ1) is 14.6. The number of ether oxygens (including phenoxy) is 3.